The predicted molar refractivity (Wildman–Crippen MR) is 68.8 cm³/mol. The van der Waals surface area contributed by atoms with Crippen molar-refractivity contribution in [3.8, 4) is 11.8 Å². The van der Waals surface area contributed by atoms with Gasteiger partial charge in [-0.15, -0.1) is 11.8 Å². The fourth-order valence-corrected chi connectivity index (χ4v) is 1.96. The molecule has 80 valence electrons. The van der Waals surface area contributed by atoms with Crippen molar-refractivity contribution >= 4 is 27.5 Å². The van der Waals surface area contributed by atoms with Crippen LogP contribution in [0.4, 0.5) is 0 Å². The molecule has 0 saturated heterocycles. The Labute approximate surface area is 104 Å². The highest BCUT2D eigenvalue weighted by atomic mass is 79.9. The average molecular weight is 287 g/mol. The third-order valence-electron chi connectivity index (χ3n) is 2.14. The summed E-state index contributed by atoms with van der Waals surface area (Å²) in [5.41, 5.74) is 7.01. The zero-order valence-electron chi connectivity index (χ0n) is 8.56. The highest BCUT2D eigenvalue weighted by Crippen LogP contribution is 2.30. The van der Waals surface area contributed by atoms with Gasteiger partial charge in [0.15, 0.2) is 0 Å². The maximum absolute atomic E-state index is 6.14. The smallest absolute Gasteiger partial charge is 0.0595 e. The molecular weight excluding hydrogens is 273 g/mol. The quantitative estimate of drug-likeness (QED) is 0.838. The van der Waals surface area contributed by atoms with Gasteiger partial charge in [0.1, 0.15) is 0 Å². The number of halogens is 2. The summed E-state index contributed by atoms with van der Waals surface area (Å²) in [7, 11) is 0. The summed E-state index contributed by atoms with van der Waals surface area (Å²) in [4.78, 5) is 0. The van der Waals surface area contributed by atoms with Gasteiger partial charge in [-0.05, 0) is 40.9 Å². The summed E-state index contributed by atoms with van der Waals surface area (Å²) in [6.45, 7) is 1.83. The van der Waals surface area contributed by atoms with Gasteiger partial charge in [0.2, 0.25) is 0 Å². The first-order chi connectivity index (χ1) is 7.16. The minimum atomic E-state index is -0.0455. The number of hydrogen-bond acceptors (Lipinski definition) is 1. The molecule has 1 rings (SSSR count). The molecule has 0 heterocycles. The lowest BCUT2D eigenvalue weighted by Crippen LogP contribution is -2.10. The third kappa shape index (κ3) is 3.53. The zero-order valence-corrected chi connectivity index (χ0v) is 10.9. The Balaban J connectivity index is 2.76. The van der Waals surface area contributed by atoms with Gasteiger partial charge in [-0.3, -0.25) is 0 Å². The van der Waals surface area contributed by atoms with Gasteiger partial charge in [0, 0.05) is 16.9 Å². The van der Waals surface area contributed by atoms with Crippen molar-refractivity contribution in [3.05, 3.63) is 33.3 Å². The molecule has 0 fully saturated rings. The van der Waals surface area contributed by atoms with Crippen LogP contribution in [0.25, 0.3) is 0 Å². The molecule has 0 aliphatic rings. The van der Waals surface area contributed by atoms with E-state index in [1.165, 1.54) is 0 Å². The molecule has 2 N–H and O–H groups in total. The number of benzene rings is 1. The van der Waals surface area contributed by atoms with Crippen LogP contribution in [-0.2, 0) is 0 Å². The minimum Gasteiger partial charge on any atom is -0.324 e. The Kier molecular flexibility index (Phi) is 5.17. The van der Waals surface area contributed by atoms with Crippen molar-refractivity contribution in [2.45, 2.75) is 25.8 Å². The molecule has 0 aromatic heterocycles. The first-order valence-corrected chi connectivity index (χ1v) is 5.93. The molecule has 0 radical (unpaired) electrons. The Morgan fingerprint density at radius 1 is 1.53 bits per heavy atom. The van der Waals surface area contributed by atoms with E-state index in [2.05, 4.69) is 27.8 Å². The Morgan fingerprint density at radius 2 is 2.27 bits per heavy atom. The van der Waals surface area contributed by atoms with Crippen LogP contribution >= 0.6 is 27.5 Å². The zero-order chi connectivity index (χ0) is 11.3. The standard InChI is InChI=1S/C12H13BrClN/c1-2-3-4-8-11(15)9-6-5-7-10(13)12(9)14/h5-7,11H,4,8,15H2,1H3. The molecule has 0 bridgehead atoms. The summed E-state index contributed by atoms with van der Waals surface area (Å²) in [5.74, 6) is 5.85. The lowest BCUT2D eigenvalue weighted by molar-refractivity contribution is 0.667. The van der Waals surface area contributed by atoms with Crippen LogP contribution in [-0.4, -0.2) is 0 Å². The van der Waals surface area contributed by atoms with Crippen LogP contribution in [0.3, 0.4) is 0 Å². The molecule has 1 unspecified atom stereocenters. The predicted octanol–water partition coefficient (Wildman–Crippen LogP) is 3.91. The van der Waals surface area contributed by atoms with E-state index in [9.17, 15) is 0 Å². The van der Waals surface area contributed by atoms with E-state index in [0.717, 1.165) is 22.9 Å². The number of rotatable bonds is 3. The van der Waals surface area contributed by atoms with Crippen molar-refractivity contribution in [2.24, 2.45) is 5.73 Å². The van der Waals surface area contributed by atoms with E-state index in [1.54, 1.807) is 0 Å². The van der Waals surface area contributed by atoms with E-state index >= 15 is 0 Å². The number of hydrogen-bond donors (Lipinski definition) is 1. The molecule has 15 heavy (non-hydrogen) atoms. The normalized spacial score (nSPS) is 11.7. The highest BCUT2D eigenvalue weighted by molar-refractivity contribution is 9.10. The van der Waals surface area contributed by atoms with Gasteiger partial charge in [0.25, 0.3) is 0 Å². The van der Waals surface area contributed by atoms with Gasteiger partial charge in [-0.25, -0.2) is 0 Å². The van der Waals surface area contributed by atoms with Crippen molar-refractivity contribution in [1.82, 2.24) is 0 Å². The summed E-state index contributed by atoms with van der Waals surface area (Å²) in [5, 5.41) is 0.703. The molecule has 0 aliphatic heterocycles. The fraction of sp³-hybridized carbons (Fsp3) is 0.333. The van der Waals surface area contributed by atoms with E-state index in [-0.39, 0.29) is 6.04 Å². The molecule has 1 aromatic carbocycles. The summed E-state index contributed by atoms with van der Waals surface area (Å²) in [6, 6.07) is 5.76. The van der Waals surface area contributed by atoms with Gasteiger partial charge in [0.05, 0.1) is 5.02 Å². The van der Waals surface area contributed by atoms with Gasteiger partial charge < -0.3 is 5.73 Å². The van der Waals surface area contributed by atoms with Crippen LogP contribution in [0.2, 0.25) is 5.02 Å². The second kappa shape index (κ2) is 6.17. The lowest BCUT2D eigenvalue weighted by Gasteiger charge is -2.12. The fourth-order valence-electron chi connectivity index (χ4n) is 1.32. The lowest BCUT2D eigenvalue weighted by atomic mass is 10.0. The number of nitrogens with two attached hydrogens (primary N) is 1. The van der Waals surface area contributed by atoms with Crippen molar-refractivity contribution in [1.29, 1.82) is 0 Å². The Morgan fingerprint density at radius 3 is 2.93 bits per heavy atom. The summed E-state index contributed by atoms with van der Waals surface area (Å²) >= 11 is 9.52. The molecule has 1 atom stereocenters. The van der Waals surface area contributed by atoms with Crippen LogP contribution in [0, 0.1) is 11.8 Å². The van der Waals surface area contributed by atoms with E-state index in [1.807, 2.05) is 25.1 Å². The van der Waals surface area contributed by atoms with E-state index in [0.29, 0.717) is 5.02 Å². The Hall–Kier alpha value is -0.490. The summed E-state index contributed by atoms with van der Waals surface area (Å²) < 4.78 is 0.888. The highest BCUT2D eigenvalue weighted by Gasteiger charge is 2.10. The van der Waals surface area contributed by atoms with E-state index in [4.69, 9.17) is 17.3 Å². The monoisotopic (exact) mass is 285 g/mol. The van der Waals surface area contributed by atoms with E-state index < -0.39 is 0 Å². The van der Waals surface area contributed by atoms with Gasteiger partial charge >= 0.3 is 0 Å². The molecule has 1 aromatic rings. The maximum Gasteiger partial charge on any atom is 0.0595 e. The van der Waals surface area contributed by atoms with Crippen molar-refractivity contribution in [2.75, 3.05) is 0 Å². The molecule has 0 amide bonds. The van der Waals surface area contributed by atoms with Crippen LogP contribution in [0.5, 0.6) is 0 Å². The Bertz CT molecular complexity index is 392. The second-order valence-electron chi connectivity index (χ2n) is 3.21. The third-order valence-corrected chi connectivity index (χ3v) is 3.45. The summed E-state index contributed by atoms with van der Waals surface area (Å²) in [6.07, 6.45) is 1.64. The van der Waals surface area contributed by atoms with Crippen molar-refractivity contribution in [3.63, 3.8) is 0 Å². The first-order valence-electron chi connectivity index (χ1n) is 4.76. The van der Waals surface area contributed by atoms with Crippen molar-refractivity contribution < 1.29 is 0 Å². The minimum absolute atomic E-state index is 0.0455. The van der Waals surface area contributed by atoms with Gasteiger partial charge in [-0.2, -0.15) is 0 Å². The largest absolute Gasteiger partial charge is 0.324 e. The molecule has 0 aliphatic carbocycles. The molecule has 1 nitrogen and oxygen atoms in total. The molecule has 3 heteroatoms. The first kappa shape index (κ1) is 12.6. The average Bonchev–Trinajstić information content (AvgIpc) is 2.22. The van der Waals surface area contributed by atoms with Crippen LogP contribution < -0.4 is 5.73 Å². The van der Waals surface area contributed by atoms with Crippen LogP contribution in [0.15, 0.2) is 22.7 Å². The SMILES string of the molecule is CC#CCCC(N)c1cccc(Br)c1Cl. The molecular formula is C12H13BrClN. The molecule has 0 saturated carbocycles. The second-order valence-corrected chi connectivity index (χ2v) is 4.45. The van der Waals surface area contributed by atoms with Crippen LogP contribution in [0.1, 0.15) is 31.4 Å². The van der Waals surface area contributed by atoms with Gasteiger partial charge in [-0.1, -0.05) is 23.7 Å². The molecule has 0 spiro atoms. The topological polar surface area (TPSA) is 26.0 Å². The maximum atomic E-state index is 6.14.